The van der Waals surface area contributed by atoms with E-state index in [0.29, 0.717) is 21.4 Å². The van der Waals surface area contributed by atoms with Crippen molar-refractivity contribution >= 4 is 40.2 Å². The van der Waals surface area contributed by atoms with Crippen molar-refractivity contribution in [1.82, 2.24) is 0 Å². The number of rotatable bonds is 7. The van der Waals surface area contributed by atoms with E-state index in [2.05, 4.69) is 5.32 Å². The number of hydrogen-bond donors (Lipinski definition) is 1. The van der Waals surface area contributed by atoms with Crippen LogP contribution in [0.15, 0.2) is 47.8 Å². The summed E-state index contributed by atoms with van der Waals surface area (Å²) in [5.41, 5.74) is 1.59. The van der Waals surface area contributed by atoms with E-state index in [1.165, 1.54) is 30.6 Å². The van der Waals surface area contributed by atoms with Crippen LogP contribution in [0.5, 0.6) is 11.5 Å². The highest BCUT2D eigenvalue weighted by molar-refractivity contribution is 7.12. The summed E-state index contributed by atoms with van der Waals surface area (Å²) >= 11 is 7.17. The summed E-state index contributed by atoms with van der Waals surface area (Å²) in [6.07, 6.45) is 0. The number of nitro benzene ring substituents is 1. The van der Waals surface area contributed by atoms with Gasteiger partial charge in [-0.1, -0.05) is 11.6 Å². The van der Waals surface area contributed by atoms with Gasteiger partial charge in [-0.05, 0) is 54.3 Å². The van der Waals surface area contributed by atoms with Crippen molar-refractivity contribution in [2.45, 2.75) is 13.5 Å². The Kier molecular flexibility index (Phi) is 6.36. The Balaban J connectivity index is 1.69. The van der Waals surface area contributed by atoms with E-state index < -0.39 is 10.8 Å². The van der Waals surface area contributed by atoms with E-state index in [9.17, 15) is 14.9 Å². The Bertz CT molecular complexity index is 1070. The van der Waals surface area contributed by atoms with Crippen LogP contribution in [0.1, 0.15) is 20.8 Å². The number of ether oxygens (including phenoxy) is 2. The number of aryl methyl sites for hydroxylation is 1. The first kappa shape index (κ1) is 20.6. The molecule has 0 bridgehead atoms. The van der Waals surface area contributed by atoms with Crippen molar-refractivity contribution in [3.63, 3.8) is 0 Å². The number of methoxy groups -OCH3 is 1. The molecule has 1 heterocycles. The smallest absolute Gasteiger partial charge is 0.296 e. The number of benzene rings is 2. The number of carbonyl (C=O) groups excluding carboxylic acids is 1. The molecular formula is C20H17ClN2O5S. The molecule has 1 N–H and O–H groups in total. The number of hydrogen-bond acceptors (Lipinski definition) is 6. The third-order valence-corrected chi connectivity index (χ3v) is 5.27. The molecule has 0 fully saturated rings. The number of nitrogens with zero attached hydrogens (tertiary/aromatic N) is 1. The van der Waals surface area contributed by atoms with E-state index in [1.807, 2.05) is 18.4 Å². The van der Waals surface area contributed by atoms with Crippen molar-refractivity contribution < 1.29 is 19.2 Å². The second-order valence-corrected chi connectivity index (χ2v) is 7.46. The van der Waals surface area contributed by atoms with Gasteiger partial charge in [0.15, 0.2) is 0 Å². The number of carbonyl (C=O) groups is 1. The monoisotopic (exact) mass is 432 g/mol. The Hall–Kier alpha value is -3.10. The van der Waals surface area contributed by atoms with Gasteiger partial charge in [0.05, 0.1) is 23.0 Å². The van der Waals surface area contributed by atoms with Crippen LogP contribution in [-0.2, 0) is 6.61 Å². The predicted molar refractivity (Wildman–Crippen MR) is 112 cm³/mol. The van der Waals surface area contributed by atoms with Crippen molar-refractivity contribution in [2.24, 2.45) is 0 Å². The summed E-state index contributed by atoms with van der Waals surface area (Å²) in [5, 5.41) is 16.3. The molecule has 0 aliphatic rings. The molecule has 150 valence electrons. The van der Waals surface area contributed by atoms with Gasteiger partial charge >= 0.3 is 0 Å². The summed E-state index contributed by atoms with van der Waals surface area (Å²) in [6.45, 7) is 2.18. The molecule has 0 aliphatic carbocycles. The van der Waals surface area contributed by atoms with Crippen molar-refractivity contribution in [2.75, 3.05) is 12.4 Å². The lowest BCUT2D eigenvalue weighted by Crippen LogP contribution is -2.11. The molecule has 0 aliphatic heterocycles. The zero-order valence-electron chi connectivity index (χ0n) is 15.6. The Morgan fingerprint density at radius 1 is 1.24 bits per heavy atom. The lowest BCUT2D eigenvalue weighted by atomic mass is 10.2. The molecule has 3 aromatic rings. The van der Waals surface area contributed by atoms with Crippen molar-refractivity contribution in [3.05, 3.63) is 79.0 Å². The normalized spacial score (nSPS) is 10.4. The first-order valence-corrected chi connectivity index (χ1v) is 9.73. The van der Waals surface area contributed by atoms with E-state index in [-0.39, 0.29) is 18.0 Å². The number of nitrogens with one attached hydrogen (secondary N) is 1. The second kappa shape index (κ2) is 8.93. The van der Waals surface area contributed by atoms with Gasteiger partial charge in [-0.3, -0.25) is 14.9 Å². The molecule has 29 heavy (non-hydrogen) atoms. The molecule has 9 heteroatoms. The van der Waals surface area contributed by atoms with Gasteiger partial charge in [0.1, 0.15) is 23.8 Å². The highest BCUT2D eigenvalue weighted by Crippen LogP contribution is 2.30. The van der Waals surface area contributed by atoms with Crippen LogP contribution in [-0.4, -0.2) is 17.9 Å². The number of thiophene rings is 1. The van der Waals surface area contributed by atoms with Gasteiger partial charge in [0.2, 0.25) is 0 Å². The summed E-state index contributed by atoms with van der Waals surface area (Å²) in [6, 6.07) is 11.3. The topological polar surface area (TPSA) is 90.7 Å². The second-order valence-electron chi connectivity index (χ2n) is 6.11. The predicted octanol–water partition coefficient (Wildman–Crippen LogP) is 5.46. The molecule has 1 aromatic heterocycles. The lowest BCUT2D eigenvalue weighted by molar-refractivity contribution is -0.384. The van der Waals surface area contributed by atoms with Crippen LogP contribution in [0, 0.1) is 17.0 Å². The van der Waals surface area contributed by atoms with Crippen molar-refractivity contribution in [3.8, 4) is 11.5 Å². The fourth-order valence-electron chi connectivity index (χ4n) is 2.59. The lowest BCUT2D eigenvalue weighted by Gasteiger charge is -2.08. The number of halogens is 1. The van der Waals surface area contributed by atoms with Crippen LogP contribution in [0.2, 0.25) is 5.02 Å². The SMILES string of the molecule is COc1ccc(NC(=O)c2cc(COc3ccc(Cl)cc3C)cs2)c([N+](=O)[O-])c1. The van der Waals surface area contributed by atoms with Gasteiger partial charge in [-0.25, -0.2) is 0 Å². The van der Waals surface area contributed by atoms with Gasteiger partial charge in [0.25, 0.3) is 11.6 Å². The van der Waals surface area contributed by atoms with Crippen LogP contribution < -0.4 is 14.8 Å². The number of amides is 1. The van der Waals surface area contributed by atoms with Crippen LogP contribution in [0.4, 0.5) is 11.4 Å². The van der Waals surface area contributed by atoms with Gasteiger partial charge in [0, 0.05) is 10.6 Å². The summed E-state index contributed by atoms with van der Waals surface area (Å²) in [5.74, 6) is 0.611. The maximum Gasteiger partial charge on any atom is 0.296 e. The molecule has 7 nitrogen and oxygen atoms in total. The Morgan fingerprint density at radius 2 is 2.03 bits per heavy atom. The van der Waals surface area contributed by atoms with Gasteiger partial charge in [-0.2, -0.15) is 0 Å². The first-order chi connectivity index (χ1) is 13.9. The van der Waals surface area contributed by atoms with Crippen LogP contribution in [0.25, 0.3) is 0 Å². The third kappa shape index (κ3) is 5.04. The standard InChI is InChI=1S/C20H17ClN2O5S/c1-12-7-14(21)3-6-18(12)28-10-13-8-19(29-11-13)20(24)22-16-5-4-15(27-2)9-17(16)23(25)26/h3-9,11H,10H2,1-2H3,(H,22,24). The number of anilines is 1. The Labute approximate surface area is 176 Å². The minimum Gasteiger partial charge on any atom is -0.496 e. The van der Waals surface area contributed by atoms with E-state index in [4.69, 9.17) is 21.1 Å². The molecule has 3 rings (SSSR count). The van der Waals surface area contributed by atoms with Gasteiger partial charge < -0.3 is 14.8 Å². The fraction of sp³-hybridized carbons (Fsp3) is 0.150. The minimum atomic E-state index is -0.569. The summed E-state index contributed by atoms with van der Waals surface area (Å²) in [7, 11) is 1.41. The number of nitro groups is 1. The summed E-state index contributed by atoms with van der Waals surface area (Å²) < 4.78 is 10.8. The van der Waals surface area contributed by atoms with E-state index >= 15 is 0 Å². The molecule has 0 unspecified atom stereocenters. The van der Waals surface area contributed by atoms with E-state index in [0.717, 1.165) is 11.1 Å². The molecule has 0 radical (unpaired) electrons. The van der Waals surface area contributed by atoms with E-state index in [1.54, 1.807) is 24.3 Å². The highest BCUT2D eigenvalue weighted by Gasteiger charge is 2.19. The third-order valence-electron chi connectivity index (χ3n) is 4.06. The molecule has 0 atom stereocenters. The van der Waals surface area contributed by atoms with Crippen LogP contribution >= 0.6 is 22.9 Å². The Morgan fingerprint density at radius 3 is 2.72 bits per heavy atom. The fourth-order valence-corrected chi connectivity index (χ4v) is 3.60. The molecule has 2 aromatic carbocycles. The highest BCUT2D eigenvalue weighted by atomic mass is 35.5. The summed E-state index contributed by atoms with van der Waals surface area (Å²) in [4.78, 5) is 23.6. The average Bonchev–Trinajstić information content (AvgIpc) is 3.16. The largest absolute Gasteiger partial charge is 0.496 e. The first-order valence-electron chi connectivity index (χ1n) is 8.47. The zero-order valence-corrected chi connectivity index (χ0v) is 17.2. The molecule has 0 saturated heterocycles. The van der Waals surface area contributed by atoms with Gasteiger partial charge in [-0.15, -0.1) is 11.3 Å². The molecular weight excluding hydrogens is 416 g/mol. The molecule has 0 spiro atoms. The van der Waals surface area contributed by atoms with Crippen molar-refractivity contribution in [1.29, 1.82) is 0 Å². The molecule has 1 amide bonds. The molecule has 0 saturated carbocycles. The van der Waals surface area contributed by atoms with Crippen LogP contribution in [0.3, 0.4) is 0 Å². The maximum atomic E-state index is 12.5. The maximum absolute atomic E-state index is 12.5. The quantitative estimate of drug-likeness (QED) is 0.395. The zero-order chi connectivity index (χ0) is 21.0. The average molecular weight is 433 g/mol. The minimum absolute atomic E-state index is 0.101.